The number of phenols is 1. The number of phenolic OH excluding ortho intramolecular Hbond substituents is 1. The molecule has 0 fully saturated rings. The number of rotatable bonds is 2. The second-order valence-corrected chi connectivity index (χ2v) is 3.14. The maximum absolute atomic E-state index is 13.2. The van der Waals surface area contributed by atoms with Gasteiger partial charge in [0.2, 0.25) is 5.96 Å². The lowest BCUT2D eigenvalue weighted by Gasteiger charge is -2.03. The highest BCUT2D eigenvalue weighted by Gasteiger charge is 2.13. The number of carboxylic acids is 1. The molecule has 1 aromatic rings. The smallest absolute Gasteiger partial charge is 0.335 e. The molecule has 0 unspecified atom stereocenters. The molecule has 96 valence electrons. The molecule has 1 rings (SSSR count). The van der Waals surface area contributed by atoms with Crippen LogP contribution in [-0.2, 0) is 0 Å². The Morgan fingerprint density at radius 3 is 2.39 bits per heavy atom. The topological polar surface area (TPSA) is 160 Å². The van der Waals surface area contributed by atoms with Gasteiger partial charge < -0.3 is 27.4 Å². The van der Waals surface area contributed by atoms with E-state index in [0.29, 0.717) is 6.07 Å². The van der Waals surface area contributed by atoms with Crippen LogP contribution in [0, 0.1) is 5.82 Å². The third-order valence-corrected chi connectivity index (χ3v) is 1.77. The normalized spacial score (nSPS) is 11.1. The first-order valence-corrected chi connectivity index (χ1v) is 4.51. The Hall–Kier alpha value is -2.84. The van der Waals surface area contributed by atoms with Crippen molar-refractivity contribution in [1.29, 1.82) is 0 Å². The Morgan fingerprint density at radius 2 is 1.89 bits per heavy atom. The third-order valence-electron chi connectivity index (χ3n) is 1.77. The number of guanidine groups is 2. The van der Waals surface area contributed by atoms with Crippen LogP contribution >= 0.6 is 0 Å². The van der Waals surface area contributed by atoms with Crippen molar-refractivity contribution in [3.8, 4) is 5.75 Å². The number of nitrogens with two attached hydrogens (primary N) is 3. The number of aromatic carboxylic acids is 1. The van der Waals surface area contributed by atoms with Crippen molar-refractivity contribution in [2.45, 2.75) is 0 Å². The highest BCUT2D eigenvalue weighted by atomic mass is 19.1. The summed E-state index contributed by atoms with van der Waals surface area (Å²) in [6.45, 7) is 0. The van der Waals surface area contributed by atoms with E-state index in [4.69, 9.17) is 22.3 Å². The Morgan fingerprint density at radius 1 is 1.28 bits per heavy atom. The Kier molecular flexibility index (Phi) is 3.67. The van der Waals surface area contributed by atoms with Gasteiger partial charge in [0, 0.05) is 0 Å². The van der Waals surface area contributed by atoms with Gasteiger partial charge in [-0.3, -0.25) is 0 Å². The molecule has 8 N–H and O–H groups in total. The zero-order valence-electron chi connectivity index (χ0n) is 8.96. The van der Waals surface area contributed by atoms with Crippen molar-refractivity contribution in [2.24, 2.45) is 27.2 Å². The van der Waals surface area contributed by atoms with E-state index < -0.39 is 34.7 Å². The van der Waals surface area contributed by atoms with Crippen LogP contribution in [0.15, 0.2) is 22.1 Å². The molecule has 0 saturated carbocycles. The molecule has 0 spiro atoms. The van der Waals surface area contributed by atoms with Crippen LogP contribution in [0.4, 0.5) is 10.1 Å². The molecule has 0 bridgehead atoms. The number of carbonyl (C=O) groups is 1. The maximum Gasteiger partial charge on any atom is 0.335 e. The lowest BCUT2D eigenvalue weighted by molar-refractivity contribution is 0.0696. The van der Waals surface area contributed by atoms with Crippen LogP contribution in [0.2, 0.25) is 0 Å². The molecular weight excluding hydrogens is 245 g/mol. The summed E-state index contributed by atoms with van der Waals surface area (Å²) in [5, 5.41) is 18.1. The lowest BCUT2D eigenvalue weighted by Crippen LogP contribution is -2.26. The van der Waals surface area contributed by atoms with Crippen molar-refractivity contribution in [3.63, 3.8) is 0 Å². The van der Waals surface area contributed by atoms with Gasteiger partial charge in [0.05, 0.1) is 5.56 Å². The van der Waals surface area contributed by atoms with E-state index in [2.05, 4.69) is 9.98 Å². The third kappa shape index (κ3) is 3.07. The number of aromatic hydroxyl groups is 1. The van der Waals surface area contributed by atoms with Crippen LogP contribution in [0.1, 0.15) is 10.4 Å². The van der Waals surface area contributed by atoms with Crippen molar-refractivity contribution >= 4 is 23.6 Å². The molecule has 0 aliphatic heterocycles. The summed E-state index contributed by atoms with van der Waals surface area (Å²) in [4.78, 5) is 17.5. The average molecular weight is 255 g/mol. The van der Waals surface area contributed by atoms with Crippen molar-refractivity contribution < 1.29 is 19.4 Å². The highest BCUT2D eigenvalue weighted by Crippen LogP contribution is 2.30. The number of nitrogens with zero attached hydrogens (tertiary/aromatic N) is 2. The van der Waals surface area contributed by atoms with Gasteiger partial charge in [-0.25, -0.2) is 14.2 Å². The first-order chi connectivity index (χ1) is 8.31. The quantitative estimate of drug-likeness (QED) is 0.352. The largest absolute Gasteiger partial charge is 0.503 e. The molecular formula is C9H10FN5O3. The zero-order chi connectivity index (χ0) is 13.9. The van der Waals surface area contributed by atoms with Crippen LogP contribution < -0.4 is 17.2 Å². The number of hydrogen-bond acceptors (Lipinski definition) is 3. The highest BCUT2D eigenvalue weighted by molar-refractivity contribution is 5.95. The van der Waals surface area contributed by atoms with E-state index in [-0.39, 0.29) is 5.96 Å². The van der Waals surface area contributed by atoms with Gasteiger partial charge in [0.25, 0.3) is 0 Å². The molecule has 8 nitrogen and oxygen atoms in total. The minimum absolute atomic E-state index is 0.384. The van der Waals surface area contributed by atoms with Crippen LogP contribution in [0.3, 0.4) is 0 Å². The molecule has 9 heteroatoms. The summed E-state index contributed by atoms with van der Waals surface area (Å²) in [7, 11) is 0. The molecule has 1 aromatic carbocycles. The molecule has 0 amide bonds. The Labute approximate surface area is 100 Å². The molecule has 0 atom stereocenters. The van der Waals surface area contributed by atoms with Crippen LogP contribution in [-0.4, -0.2) is 28.1 Å². The van der Waals surface area contributed by atoms with E-state index in [0.717, 1.165) is 6.07 Å². The van der Waals surface area contributed by atoms with Crippen molar-refractivity contribution in [3.05, 3.63) is 23.5 Å². The van der Waals surface area contributed by atoms with Crippen molar-refractivity contribution in [2.75, 3.05) is 0 Å². The minimum Gasteiger partial charge on any atom is -0.503 e. The zero-order valence-corrected chi connectivity index (χ0v) is 8.96. The standard InChI is InChI=1S/C9H10FN5O3/c10-4-1-3(7(17)18)2-5(6(4)16)14-9(13)15-8(11)12/h1-2,16H,(H,17,18)(H6,11,12,13,14,15). The summed E-state index contributed by atoms with van der Waals surface area (Å²) in [6, 6.07) is 1.57. The molecule has 0 radical (unpaired) electrons. The predicted octanol–water partition coefficient (Wildman–Crippen LogP) is -0.551. The van der Waals surface area contributed by atoms with Gasteiger partial charge in [-0.2, -0.15) is 4.99 Å². The second-order valence-electron chi connectivity index (χ2n) is 3.14. The van der Waals surface area contributed by atoms with Gasteiger partial charge in [-0.1, -0.05) is 0 Å². The number of hydrogen-bond donors (Lipinski definition) is 5. The van der Waals surface area contributed by atoms with Gasteiger partial charge >= 0.3 is 5.97 Å². The minimum atomic E-state index is -1.38. The fourth-order valence-electron chi connectivity index (χ4n) is 1.07. The number of carboxylic acid groups (broad SMARTS) is 1. The Bertz CT molecular complexity index is 551. The fraction of sp³-hybridized carbons (Fsp3) is 0. The van der Waals surface area contributed by atoms with E-state index in [1.165, 1.54) is 0 Å². The van der Waals surface area contributed by atoms with Crippen LogP contribution in [0.5, 0.6) is 5.75 Å². The summed E-state index contributed by atoms with van der Waals surface area (Å²) >= 11 is 0. The first kappa shape index (κ1) is 13.2. The maximum atomic E-state index is 13.2. The fourth-order valence-corrected chi connectivity index (χ4v) is 1.07. The SMILES string of the molecule is NC(N)=NC(N)=Nc1cc(C(=O)O)cc(F)c1O. The average Bonchev–Trinajstić information content (AvgIpc) is 2.22. The summed E-state index contributed by atoms with van der Waals surface area (Å²) in [6.07, 6.45) is 0. The second kappa shape index (κ2) is 4.99. The number of halogens is 1. The molecule has 18 heavy (non-hydrogen) atoms. The summed E-state index contributed by atoms with van der Waals surface area (Å²) in [5.74, 6) is -4.22. The lowest BCUT2D eigenvalue weighted by atomic mass is 10.2. The van der Waals surface area contributed by atoms with E-state index in [1.54, 1.807) is 0 Å². The predicted molar refractivity (Wildman–Crippen MR) is 62.1 cm³/mol. The molecule has 0 aliphatic carbocycles. The van der Waals surface area contributed by atoms with Gasteiger partial charge in [-0.05, 0) is 12.1 Å². The monoisotopic (exact) mass is 255 g/mol. The van der Waals surface area contributed by atoms with Gasteiger partial charge in [0.15, 0.2) is 17.5 Å². The summed E-state index contributed by atoms with van der Waals surface area (Å²) < 4.78 is 13.2. The van der Waals surface area contributed by atoms with E-state index >= 15 is 0 Å². The molecule has 0 saturated heterocycles. The van der Waals surface area contributed by atoms with Crippen molar-refractivity contribution in [1.82, 2.24) is 0 Å². The molecule has 0 aromatic heterocycles. The van der Waals surface area contributed by atoms with Crippen LogP contribution in [0.25, 0.3) is 0 Å². The van der Waals surface area contributed by atoms with E-state index in [9.17, 15) is 14.3 Å². The summed E-state index contributed by atoms with van der Waals surface area (Å²) in [5.41, 5.74) is 14.5. The van der Waals surface area contributed by atoms with Gasteiger partial charge in [-0.15, -0.1) is 0 Å². The number of aliphatic imine (C=N–C) groups is 2. The van der Waals surface area contributed by atoms with Gasteiger partial charge in [0.1, 0.15) is 5.69 Å². The first-order valence-electron chi connectivity index (χ1n) is 4.51. The number of benzene rings is 1. The van der Waals surface area contributed by atoms with E-state index in [1.807, 2.05) is 0 Å². The Balaban J connectivity index is 3.32. The molecule has 0 aliphatic rings. The molecule has 0 heterocycles.